The lowest BCUT2D eigenvalue weighted by Gasteiger charge is -2.32. The van der Waals surface area contributed by atoms with Crippen LogP contribution in [0.15, 0.2) is 27.4 Å². The van der Waals surface area contributed by atoms with E-state index in [1.54, 1.807) is 4.90 Å². The van der Waals surface area contributed by atoms with Crippen molar-refractivity contribution in [2.75, 3.05) is 43.1 Å². The van der Waals surface area contributed by atoms with E-state index in [1.165, 1.54) is 26.5 Å². The number of aliphatic imine (C=N–C) groups is 1. The van der Waals surface area contributed by atoms with Crippen LogP contribution in [0.2, 0.25) is 0 Å². The first-order valence-electron chi connectivity index (χ1n) is 10.7. The highest BCUT2D eigenvalue weighted by Gasteiger charge is 2.34. The van der Waals surface area contributed by atoms with Crippen molar-refractivity contribution >= 4 is 41.5 Å². The number of anilines is 2. The van der Waals surface area contributed by atoms with Gasteiger partial charge in [-0.05, 0) is 12.8 Å². The molecule has 2 saturated heterocycles. The van der Waals surface area contributed by atoms with Gasteiger partial charge in [0.1, 0.15) is 24.6 Å². The minimum atomic E-state index is -0.775. The molecule has 2 fully saturated rings. The number of carbonyl (C=O) groups is 2. The fourth-order valence-electron chi connectivity index (χ4n) is 3.73. The van der Waals surface area contributed by atoms with Crippen molar-refractivity contribution in [3.63, 3.8) is 0 Å². The zero-order valence-corrected chi connectivity index (χ0v) is 18.9. The number of hydrogen-bond acceptors (Lipinski definition) is 9. The van der Waals surface area contributed by atoms with Gasteiger partial charge in [0.2, 0.25) is 5.91 Å². The van der Waals surface area contributed by atoms with Gasteiger partial charge in [0.25, 0.3) is 0 Å². The van der Waals surface area contributed by atoms with Crippen molar-refractivity contribution in [2.45, 2.75) is 31.9 Å². The topological polar surface area (TPSA) is 134 Å². The minimum Gasteiger partial charge on any atom is -0.442 e. The maximum atomic E-state index is 14.9. The number of piperidine rings is 1. The Bertz CT molecular complexity index is 970. The third-order valence-corrected chi connectivity index (χ3v) is 5.40. The zero-order chi connectivity index (χ0) is 24.7. The summed E-state index contributed by atoms with van der Waals surface area (Å²) in [6.07, 6.45) is 2.61. The van der Waals surface area contributed by atoms with Crippen LogP contribution in [0.3, 0.4) is 0 Å². The maximum absolute atomic E-state index is 14.9. The van der Waals surface area contributed by atoms with Crippen molar-refractivity contribution in [2.24, 2.45) is 21.1 Å². The first kappa shape index (κ1) is 24.9. The first-order valence-corrected chi connectivity index (χ1v) is 10.7. The number of amides is 2. The van der Waals surface area contributed by atoms with Crippen LogP contribution in [0.4, 0.5) is 25.0 Å². The van der Waals surface area contributed by atoms with Gasteiger partial charge in [0.05, 0.1) is 37.2 Å². The zero-order valence-electron chi connectivity index (χ0n) is 18.9. The second-order valence-corrected chi connectivity index (χ2v) is 7.78. The van der Waals surface area contributed by atoms with E-state index >= 15 is 0 Å². The number of benzene rings is 1. The molecule has 13 heteroatoms. The highest BCUT2D eigenvalue weighted by atomic mass is 19.1. The summed E-state index contributed by atoms with van der Waals surface area (Å²) < 4.78 is 35.0. The van der Waals surface area contributed by atoms with Crippen LogP contribution in [0.1, 0.15) is 19.8 Å². The number of halogens is 2. The van der Waals surface area contributed by atoms with E-state index in [4.69, 9.17) is 10.6 Å². The number of nitrogens with two attached hydrogens (primary N) is 1. The molecule has 2 aliphatic heterocycles. The molecule has 3 N–H and O–H groups in total. The van der Waals surface area contributed by atoms with Crippen LogP contribution < -0.4 is 21.0 Å². The third-order valence-electron chi connectivity index (χ3n) is 5.40. The molecule has 0 spiro atoms. The summed E-state index contributed by atoms with van der Waals surface area (Å²) in [6.45, 7) is 2.32. The van der Waals surface area contributed by atoms with Crippen LogP contribution in [0.25, 0.3) is 0 Å². The second kappa shape index (κ2) is 11.4. The molecule has 2 heterocycles. The van der Waals surface area contributed by atoms with E-state index in [1.807, 2.05) is 0 Å². The van der Waals surface area contributed by atoms with Crippen LogP contribution in [-0.2, 0) is 14.4 Å². The smallest absolute Gasteiger partial charge is 0.414 e. The Morgan fingerprint density at radius 1 is 1.29 bits per heavy atom. The number of hydrazone groups is 1. The lowest BCUT2D eigenvalue weighted by molar-refractivity contribution is -0.119. The molecule has 2 amide bonds. The Balaban J connectivity index is 1.63. The highest BCUT2D eigenvalue weighted by Crippen LogP contribution is 2.32. The van der Waals surface area contributed by atoms with Crippen LogP contribution in [0.5, 0.6) is 0 Å². The Labute approximate surface area is 195 Å². The number of rotatable bonds is 8. The monoisotopic (exact) mass is 479 g/mol. The van der Waals surface area contributed by atoms with E-state index in [9.17, 15) is 18.4 Å². The number of nitrogens with one attached hydrogen (secondary N) is 1. The quantitative estimate of drug-likeness (QED) is 0.329. The Morgan fingerprint density at radius 2 is 1.97 bits per heavy atom. The molecule has 0 aliphatic carbocycles. The average molecular weight is 479 g/mol. The molecule has 0 radical (unpaired) electrons. The van der Waals surface area contributed by atoms with E-state index in [-0.39, 0.29) is 36.4 Å². The van der Waals surface area contributed by atoms with E-state index in [2.05, 4.69) is 25.4 Å². The summed E-state index contributed by atoms with van der Waals surface area (Å²) in [5.41, 5.74) is 0.238. The van der Waals surface area contributed by atoms with Gasteiger partial charge in [-0.25, -0.2) is 13.6 Å². The first-order chi connectivity index (χ1) is 16.3. The minimum absolute atomic E-state index is 0.0554. The number of nitrogens with zero attached hydrogens (tertiary/aromatic N) is 5. The third kappa shape index (κ3) is 6.17. The molecule has 11 nitrogen and oxygen atoms in total. The lowest BCUT2D eigenvalue weighted by atomic mass is 10.0. The molecule has 34 heavy (non-hydrogen) atoms. The molecule has 0 bridgehead atoms. The highest BCUT2D eigenvalue weighted by molar-refractivity contribution is 6.55. The van der Waals surface area contributed by atoms with E-state index in [0.29, 0.717) is 31.6 Å². The molecular formula is C21H27F2N7O4. The van der Waals surface area contributed by atoms with Gasteiger partial charge in [0, 0.05) is 32.1 Å². The van der Waals surface area contributed by atoms with E-state index in [0.717, 1.165) is 17.0 Å². The summed E-state index contributed by atoms with van der Waals surface area (Å²) in [5.74, 6) is 3.46. The SMILES string of the molecule is CO/N=C/C(C=NC1CCN(c2c(F)cc(N3C[C@H](CNC(C)=O)OC3=O)cc2F)CC1)=NN. The molecule has 1 aromatic carbocycles. The fraction of sp³-hybridized carbons (Fsp3) is 0.476. The van der Waals surface area contributed by atoms with Gasteiger partial charge in [-0.15, -0.1) is 0 Å². The molecule has 2 aliphatic rings. The predicted octanol–water partition coefficient (Wildman–Crippen LogP) is 1.41. The van der Waals surface area contributed by atoms with Crippen molar-refractivity contribution in [1.29, 1.82) is 0 Å². The lowest BCUT2D eigenvalue weighted by Crippen LogP contribution is -2.37. The van der Waals surface area contributed by atoms with Crippen molar-refractivity contribution in [1.82, 2.24) is 5.32 Å². The number of hydrogen-bond donors (Lipinski definition) is 2. The molecule has 3 rings (SSSR count). The standard InChI is InChI=1S/C21H27F2N7O4/c1-13(31)25-11-17-12-30(21(32)34-17)16-7-18(22)20(19(23)8-16)29-5-3-14(4-6-29)26-9-15(28-24)10-27-33-2/h7-10,14,17H,3-6,11-12,24H2,1-2H3,(H,25,31)/b26-9?,27-10+,28-15?/t17-/m0/s1. The van der Waals surface area contributed by atoms with Crippen LogP contribution in [-0.4, -0.2) is 75.6 Å². The average Bonchev–Trinajstić information content (AvgIpc) is 3.18. The van der Waals surface area contributed by atoms with Crippen LogP contribution >= 0.6 is 0 Å². The second-order valence-electron chi connectivity index (χ2n) is 7.78. The number of carbonyl (C=O) groups excluding carboxylic acids is 2. The Kier molecular flexibility index (Phi) is 8.33. The Morgan fingerprint density at radius 3 is 2.56 bits per heavy atom. The van der Waals surface area contributed by atoms with Gasteiger partial charge in [-0.1, -0.05) is 5.16 Å². The summed E-state index contributed by atoms with van der Waals surface area (Å²) in [5, 5.41) is 9.66. The molecule has 1 atom stereocenters. The predicted molar refractivity (Wildman–Crippen MR) is 124 cm³/mol. The van der Waals surface area contributed by atoms with Gasteiger partial charge < -0.3 is 25.6 Å². The van der Waals surface area contributed by atoms with Gasteiger partial charge in [0.15, 0.2) is 11.6 Å². The number of oxime groups is 1. The molecule has 1 aromatic rings. The number of ether oxygens (including phenoxy) is 1. The Hall–Kier alpha value is -3.77. The fourth-order valence-corrected chi connectivity index (χ4v) is 3.73. The maximum Gasteiger partial charge on any atom is 0.414 e. The van der Waals surface area contributed by atoms with Crippen LogP contribution in [0, 0.1) is 11.6 Å². The summed E-state index contributed by atoms with van der Waals surface area (Å²) >= 11 is 0. The van der Waals surface area contributed by atoms with Crippen molar-refractivity contribution < 1.29 is 27.9 Å². The van der Waals surface area contributed by atoms with Crippen molar-refractivity contribution in [3.8, 4) is 0 Å². The summed E-state index contributed by atoms with van der Waals surface area (Å²) in [4.78, 5) is 35.0. The van der Waals surface area contributed by atoms with Gasteiger partial charge >= 0.3 is 6.09 Å². The molecule has 0 unspecified atom stereocenters. The normalized spacial score (nSPS) is 19.8. The van der Waals surface area contributed by atoms with Gasteiger partial charge in [-0.2, -0.15) is 5.10 Å². The van der Waals surface area contributed by atoms with E-state index < -0.39 is 23.8 Å². The van der Waals surface area contributed by atoms with Gasteiger partial charge in [-0.3, -0.25) is 14.7 Å². The molecule has 0 saturated carbocycles. The molecule has 0 aromatic heterocycles. The molecule has 184 valence electrons. The van der Waals surface area contributed by atoms with Crippen molar-refractivity contribution in [3.05, 3.63) is 23.8 Å². The largest absolute Gasteiger partial charge is 0.442 e. The molecular weight excluding hydrogens is 452 g/mol. The summed E-state index contributed by atoms with van der Waals surface area (Å²) in [7, 11) is 1.39. The number of cyclic esters (lactones) is 1. The summed E-state index contributed by atoms with van der Waals surface area (Å²) in [6, 6.07) is 2.17.